The van der Waals surface area contributed by atoms with Crippen LogP contribution in [0, 0.1) is 5.41 Å². The molecule has 1 saturated carbocycles. The molecule has 0 bridgehead atoms. The molecular formula is C15H27NO5. The molecule has 6 nitrogen and oxygen atoms in total. The van der Waals surface area contributed by atoms with E-state index in [1.165, 1.54) is 4.90 Å². The first kappa shape index (κ1) is 17.8. The van der Waals surface area contributed by atoms with Crippen molar-refractivity contribution in [1.82, 2.24) is 4.90 Å². The molecule has 1 N–H and O–H groups in total. The van der Waals surface area contributed by atoms with Crippen LogP contribution in [0.5, 0.6) is 0 Å². The lowest BCUT2D eigenvalue weighted by molar-refractivity contribution is -0.149. The molecule has 6 heteroatoms. The van der Waals surface area contributed by atoms with E-state index in [4.69, 9.17) is 9.47 Å². The Morgan fingerprint density at radius 3 is 2.38 bits per heavy atom. The number of nitrogens with zero attached hydrogens (tertiary/aromatic N) is 1. The van der Waals surface area contributed by atoms with Crippen molar-refractivity contribution in [2.75, 3.05) is 13.2 Å². The van der Waals surface area contributed by atoms with E-state index in [-0.39, 0.29) is 24.7 Å². The second kappa shape index (κ2) is 6.22. The minimum absolute atomic E-state index is 0.0352. The highest BCUT2D eigenvalue weighted by atomic mass is 16.6. The molecule has 1 amide bonds. The molecule has 1 rings (SSSR count). The van der Waals surface area contributed by atoms with Gasteiger partial charge in [-0.1, -0.05) is 6.92 Å². The second-order valence-electron chi connectivity index (χ2n) is 6.85. The highest BCUT2D eigenvalue weighted by molar-refractivity contribution is 5.81. The van der Waals surface area contributed by atoms with Gasteiger partial charge in [-0.15, -0.1) is 0 Å². The lowest BCUT2D eigenvalue weighted by atomic mass is 10.1. The van der Waals surface area contributed by atoms with E-state index >= 15 is 0 Å². The van der Waals surface area contributed by atoms with Crippen molar-refractivity contribution >= 4 is 12.1 Å². The Hall–Kier alpha value is -1.30. The Balaban J connectivity index is 2.91. The van der Waals surface area contributed by atoms with Crippen LogP contribution in [0.3, 0.4) is 0 Å². The number of esters is 1. The zero-order chi connectivity index (χ0) is 16.4. The number of carbonyl (C=O) groups is 2. The maximum atomic E-state index is 12.4. The third kappa shape index (κ3) is 4.33. The van der Waals surface area contributed by atoms with Gasteiger partial charge in [-0.05, 0) is 41.0 Å². The summed E-state index contributed by atoms with van der Waals surface area (Å²) in [5, 5.41) is 9.43. The van der Waals surface area contributed by atoms with E-state index in [0.717, 1.165) is 0 Å². The maximum absolute atomic E-state index is 12.4. The summed E-state index contributed by atoms with van der Waals surface area (Å²) in [6, 6.07) is -0.949. The number of amides is 1. The molecule has 0 unspecified atom stereocenters. The van der Waals surface area contributed by atoms with Crippen LogP contribution in [0.2, 0.25) is 0 Å². The normalized spacial score (nSPS) is 26.0. The fraction of sp³-hybridized carbons (Fsp3) is 0.867. The Morgan fingerprint density at radius 2 is 2.00 bits per heavy atom. The van der Waals surface area contributed by atoms with Gasteiger partial charge in [0, 0.05) is 11.5 Å². The molecule has 0 aliphatic heterocycles. The van der Waals surface area contributed by atoms with Crippen LogP contribution in [-0.4, -0.2) is 53.0 Å². The maximum Gasteiger partial charge on any atom is 0.411 e. The summed E-state index contributed by atoms with van der Waals surface area (Å²) in [4.78, 5) is 25.8. The topological polar surface area (TPSA) is 76.1 Å². The number of hydrogen-bond donors (Lipinski definition) is 1. The highest BCUT2D eigenvalue weighted by Crippen LogP contribution is 2.49. The lowest BCUT2D eigenvalue weighted by Gasteiger charge is -2.32. The third-order valence-electron chi connectivity index (χ3n) is 3.65. The van der Waals surface area contributed by atoms with Crippen LogP contribution < -0.4 is 0 Å². The molecule has 1 aliphatic carbocycles. The van der Waals surface area contributed by atoms with Gasteiger partial charge in [0.25, 0.3) is 0 Å². The predicted octanol–water partition coefficient (Wildman–Crippen LogP) is 1.95. The first-order valence-corrected chi connectivity index (χ1v) is 7.34. The Bertz CT molecular complexity index is 403. The Labute approximate surface area is 126 Å². The quantitative estimate of drug-likeness (QED) is 0.785. The molecule has 1 aliphatic rings. The van der Waals surface area contributed by atoms with Crippen LogP contribution in [0.25, 0.3) is 0 Å². The number of hydrogen-bond acceptors (Lipinski definition) is 5. The fourth-order valence-electron chi connectivity index (χ4n) is 2.23. The molecule has 3 atom stereocenters. The average molecular weight is 301 g/mol. The van der Waals surface area contributed by atoms with Gasteiger partial charge in [0.2, 0.25) is 0 Å². The smallest absolute Gasteiger partial charge is 0.411 e. The number of aliphatic hydroxyl groups excluding tert-OH is 1. The van der Waals surface area contributed by atoms with Crippen LogP contribution in [-0.2, 0) is 14.3 Å². The van der Waals surface area contributed by atoms with E-state index in [9.17, 15) is 14.7 Å². The van der Waals surface area contributed by atoms with Gasteiger partial charge in [0.05, 0.1) is 13.2 Å². The summed E-state index contributed by atoms with van der Waals surface area (Å²) in [7, 11) is 0. The second-order valence-corrected chi connectivity index (χ2v) is 6.85. The van der Waals surface area contributed by atoms with Gasteiger partial charge in [0.1, 0.15) is 11.6 Å². The number of aliphatic hydroxyl groups is 1. The first-order chi connectivity index (χ1) is 9.55. The van der Waals surface area contributed by atoms with Crippen molar-refractivity contribution in [2.45, 2.75) is 65.6 Å². The van der Waals surface area contributed by atoms with Gasteiger partial charge >= 0.3 is 12.1 Å². The van der Waals surface area contributed by atoms with E-state index in [0.29, 0.717) is 6.42 Å². The van der Waals surface area contributed by atoms with E-state index in [1.54, 1.807) is 34.6 Å². The fourth-order valence-corrected chi connectivity index (χ4v) is 2.23. The minimum Gasteiger partial charge on any atom is -0.464 e. The van der Waals surface area contributed by atoms with E-state index < -0.39 is 23.7 Å². The van der Waals surface area contributed by atoms with Crippen molar-refractivity contribution in [3.05, 3.63) is 0 Å². The van der Waals surface area contributed by atoms with E-state index in [2.05, 4.69) is 0 Å². The molecule has 0 heterocycles. The van der Waals surface area contributed by atoms with Crippen molar-refractivity contribution in [3.63, 3.8) is 0 Å². The largest absolute Gasteiger partial charge is 0.464 e. The Morgan fingerprint density at radius 1 is 1.43 bits per heavy atom. The van der Waals surface area contributed by atoms with Crippen molar-refractivity contribution in [2.24, 2.45) is 5.41 Å². The van der Waals surface area contributed by atoms with Crippen LogP contribution in [0.4, 0.5) is 4.79 Å². The molecular weight excluding hydrogens is 274 g/mol. The van der Waals surface area contributed by atoms with Crippen LogP contribution in [0.15, 0.2) is 0 Å². The average Bonchev–Trinajstić information content (AvgIpc) is 3.00. The zero-order valence-electron chi connectivity index (χ0n) is 13.8. The summed E-state index contributed by atoms with van der Waals surface area (Å²) in [6.07, 6.45) is 0.0946. The van der Waals surface area contributed by atoms with Crippen LogP contribution >= 0.6 is 0 Å². The molecule has 0 spiro atoms. The molecule has 0 aromatic rings. The van der Waals surface area contributed by atoms with Gasteiger partial charge in [-0.25, -0.2) is 9.59 Å². The van der Waals surface area contributed by atoms with Crippen LogP contribution in [0.1, 0.15) is 48.0 Å². The molecule has 0 aromatic heterocycles. The molecule has 0 radical (unpaired) electrons. The van der Waals surface area contributed by atoms with Crippen molar-refractivity contribution in [3.8, 4) is 0 Å². The lowest BCUT2D eigenvalue weighted by Crippen LogP contribution is -2.49. The summed E-state index contributed by atoms with van der Waals surface area (Å²) >= 11 is 0. The zero-order valence-corrected chi connectivity index (χ0v) is 13.8. The molecule has 122 valence electrons. The Kier molecular flexibility index (Phi) is 5.25. The number of rotatable bonds is 5. The number of ether oxygens (including phenoxy) is 2. The SMILES string of the molecule is CCOC(=O)[C@H](C)N(C(=O)OC(C)(C)C)[C@H]1C[C@]1(C)CO. The van der Waals surface area contributed by atoms with Gasteiger partial charge < -0.3 is 14.6 Å². The van der Waals surface area contributed by atoms with E-state index in [1.807, 2.05) is 6.92 Å². The predicted molar refractivity (Wildman–Crippen MR) is 77.8 cm³/mol. The standard InChI is InChI=1S/C15H27NO5/c1-7-20-12(18)10(2)16(11-8-15(11,6)9-17)13(19)21-14(3,4)5/h10-11,17H,7-9H2,1-6H3/t10-,11-,15+/m0/s1. The molecule has 21 heavy (non-hydrogen) atoms. The van der Waals surface area contributed by atoms with Gasteiger partial charge in [-0.2, -0.15) is 0 Å². The summed E-state index contributed by atoms with van der Waals surface area (Å²) < 4.78 is 10.4. The first-order valence-electron chi connectivity index (χ1n) is 7.34. The third-order valence-corrected chi connectivity index (χ3v) is 3.65. The van der Waals surface area contributed by atoms with Crippen molar-refractivity contribution in [1.29, 1.82) is 0 Å². The molecule has 0 saturated heterocycles. The summed E-state index contributed by atoms with van der Waals surface area (Å²) in [5.74, 6) is -0.462. The molecule has 1 fully saturated rings. The monoisotopic (exact) mass is 301 g/mol. The number of carbonyl (C=O) groups excluding carboxylic acids is 2. The van der Waals surface area contributed by atoms with Gasteiger partial charge in [0.15, 0.2) is 0 Å². The molecule has 0 aromatic carbocycles. The summed E-state index contributed by atoms with van der Waals surface area (Å²) in [5.41, 5.74) is -1.02. The van der Waals surface area contributed by atoms with Gasteiger partial charge in [-0.3, -0.25) is 4.90 Å². The summed E-state index contributed by atoms with van der Waals surface area (Å²) in [6.45, 7) is 10.8. The highest BCUT2D eigenvalue weighted by Gasteiger charge is 2.57. The minimum atomic E-state index is -0.738. The van der Waals surface area contributed by atoms with Crippen molar-refractivity contribution < 1.29 is 24.2 Å².